The normalized spacial score (nSPS) is 17.6. The number of hydrogen-bond acceptors (Lipinski definition) is 5. The minimum Gasteiger partial charge on any atom is -0.324 e. The van der Waals surface area contributed by atoms with Crippen molar-refractivity contribution in [3.05, 3.63) is 46.3 Å². The number of carbonyl (C=O) groups excluding carboxylic acids is 1. The van der Waals surface area contributed by atoms with Gasteiger partial charge in [0.1, 0.15) is 4.21 Å². The molecule has 146 valence electrons. The lowest BCUT2D eigenvalue weighted by atomic mass is 10.2. The van der Waals surface area contributed by atoms with E-state index in [4.69, 9.17) is 11.6 Å². The first-order valence-corrected chi connectivity index (χ1v) is 11.3. The second-order valence-electron chi connectivity index (χ2n) is 6.48. The van der Waals surface area contributed by atoms with E-state index in [-0.39, 0.29) is 16.2 Å². The summed E-state index contributed by atoms with van der Waals surface area (Å²) in [4.78, 5) is 14.6. The molecule has 0 aliphatic carbocycles. The number of carbonyl (C=O) groups is 1. The molecule has 1 N–H and O–H groups in total. The quantitative estimate of drug-likeness (QED) is 0.796. The van der Waals surface area contributed by atoms with Gasteiger partial charge in [0.15, 0.2) is 0 Å². The molecule has 1 unspecified atom stereocenters. The van der Waals surface area contributed by atoms with Gasteiger partial charge < -0.3 is 5.32 Å². The monoisotopic (exact) mass is 427 g/mol. The highest BCUT2D eigenvalue weighted by molar-refractivity contribution is 7.91. The molecular weight excluding hydrogens is 406 g/mol. The lowest BCUT2D eigenvalue weighted by molar-refractivity contribution is -0.121. The maximum atomic E-state index is 12.7. The van der Waals surface area contributed by atoms with Crippen molar-refractivity contribution in [2.24, 2.45) is 0 Å². The molecule has 1 amide bonds. The average Bonchev–Trinajstić information content (AvgIpc) is 3.10. The lowest BCUT2D eigenvalue weighted by Crippen LogP contribution is -2.53. The first-order valence-electron chi connectivity index (χ1n) is 8.65. The first-order chi connectivity index (χ1) is 12.8. The van der Waals surface area contributed by atoms with Crippen LogP contribution in [-0.2, 0) is 14.8 Å². The number of piperazine rings is 1. The molecule has 1 atom stereocenters. The average molecular weight is 428 g/mol. The molecule has 9 heteroatoms. The van der Waals surface area contributed by atoms with Gasteiger partial charge in [-0.15, -0.1) is 11.3 Å². The molecule has 1 fully saturated rings. The van der Waals surface area contributed by atoms with E-state index in [9.17, 15) is 13.2 Å². The van der Waals surface area contributed by atoms with Crippen molar-refractivity contribution in [2.45, 2.75) is 24.1 Å². The summed E-state index contributed by atoms with van der Waals surface area (Å²) in [6.45, 7) is 5.48. The third-order valence-electron chi connectivity index (χ3n) is 4.75. The van der Waals surface area contributed by atoms with Crippen LogP contribution in [0.4, 0.5) is 5.69 Å². The van der Waals surface area contributed by atoms with Crippen molar-refractivity contribution in [3.8, 4) is 0 Å². The molecule has 2 aromatic rings. The van der Waals surface area contributed by atoms with Crippen LogP contribution in [0, 0.1) is 6.92 Å². The van der Waals surface area contributed by atoms with Gasteiger partial charge in [0, 0.05) is 31.9 Å². The Kier molecular flexibility index (Phi) is 6.22. The summed E-state index contributed by atoms with van der Waals surface area (Å²) in [5.41, 5.74) is 1.80. The van der Waals surface area contributed by atoms with Crippen LogP contribution in [0.5, 0.6) is 0 Å². The van der Waals surface area contributed by atoms with E-state index in [0.717, 1.165) is 22.6 Å². The van der Waals surface area contributed by atoms with Crippen LogP contribution in [0.2, 0.25) is 4.34 Å². The highest BCUT2D eigenvalue weighted by Gasteiger charge is 2.32. The molecule has 1 saturated heterocycles. The van der Waals surface area contributed by atoms with E-state index >= 15 is 0 Å². The van der Waals surface area contributed by atoms with Crippen LogP contribution < -0.4 is 5.32 Å². The SMILES string of the molecule is Cc1ccccc1NC(=O)C(C)N1CCN(S(=O)(=O)c2ccc(Cl)s2)CC1. The van der Waals surface area contributed by atoms with E-state index < -0.39 is 10.0 Å². The minimum atomic E-state index is -3.52. The topological polar surface area (TPSA) is 69.7 Å². The lowest BCUT2D eigenvalue weighted by Gasteiger charge is -2.36. The second kappa shape index (κ2) is 8.28. The van der Waals surface area contributed by atoms with E-state index in [1.165, 1.54) is 10.4 Å². The Morgan fingerprint density at radius 3 is 2.41 bits per heavy atom. The third-order valence-corrected chi connectivity index (χ3v) is 8.34. The van der Waals surface area contributed by atoms with Crippen LogP contribution >= 0.6 is 22.9 Å². The number of anilines is 1. The second-order valence-corrected chi connectivity index (χ2v) is 10.4. The molecule has 1 aromatic carbocycles. The fourth-order valence-corrected chi connectivity index (χ4v) is 6.07. The van der Waals surface area contributed by atoms with Gasteiger partial charge in [-0.2, -0.15) is 4.31 Å². The van der Waals surface area contributed by atoms with Gasteiger partial charge in [0.05, 0.1) is 10.4 Å². The Labute approximate surface area is 168 Å². The van der Waals surface area contributed by atoms with Gasteiger partial charge in [-0.05, 0) is 37.6 Å². The Hall–Kier alpha value is -1.45. The number of para-hydroxylation sites is 1. The van der Waals surface area contributed by atoms with Crippen molar-refractivity contribution in [2.75, 3.05) is 31.5 Å². The van der Waals surface area contributed by atoms with Crippen molar-refractivity contribution in [3.63, 3.8) is 0 Å². The number of aryl methyl sites for hydroxylation is 1. The Morgan fingerprint density at radius 2 is 1.81 bits per heavy atom. The molecule has 0 bridgehead atoms. The Balaban J connectivity index is 1.60. The van der Waals surface area contributed by atoms with Gasteiger partial charge in [-0.25, -0.2) is 8.42 Å². The molecule has 1 aliphatic rings. The summed E-state index contributed by atoms with van der Waals surface area (Å²) >= 11 is 6.93. The number of sulfonamides is 1. The molecule has 6 nitrogen and oxygen atoms in total. The summed E-state index contributed by atoms with van der Waals surface area (Å²) in [7, 11) is -3.52. The fourth-order valence-electron chi connectivity index (χ4n) is 3.01. The Bertz CT molecular complexity index is 921. The molecule has 0 spiro atoms. The number of benzene rings is 1. The van der Waals surface area contributed by atoms with Crippen molar-refractivity contribution in [1.29, 1.82) is 0 Å². The zero-order valence-corrected chi connectivity index (χ0v) is 17.6. The number of hydrogen-bond donors (Lipinski definition) is 1. The van der Waals surface area contributed by atoms with E-state index in [0.29, 0.717) is 30.5 Å². The number of nitrogens with zero attached hydrogens (tertiary/aromatic N) is 2. The molecule has 3 rings (SSSR count). The molecule has 1 aromatic heterocycles. The van der Waals surface area contributed by atoms with Crippen molar-refractivity contribution >= 4 is 44.6 Å². The van der Waals surface area contributed by atoms with Gasteiger partial charge in [-0.3, -0.25) is 9.69 Å². The summed E-state index contributed by atoms with van der Waals surface area (Å²) < 4.78 is 27.5. The summed E-state index contributed by atoms with van der Waals surface area (Å²) in [5.74, 6) is -0.0920. The number of rotatable bonds is 5. The molecule has 1 aliphatic heterocycles. The van der Waals surface area contributed by atoms with Gasteiger partial charge >= 0.3 is 0 Å². The first kappa shape index (κ1) is 20.3. The summed E-state index contributed by atoms with van der Waals surface area (Å²) in [5, 5.41) is 2.95. The minimum absolute atomic E-state index is 0.0920. The largest absolute Gasteiger partial charge is 0.324 e. The van der Waals surface area contributed by atoms with Crippen LogP contribution in [0.3, 0.4) is 0 Å². The Morgan fingerprint density at radius 1 is 1.15 bits per heavy atom. The van der Waals surface area contributed by atoms with Crippen LogP contribution in [0.15, 0.2) is 40.6 Å². The fraction of sp³-hybridized carbons (Fsp3) is 0.389. The van der Waals surface area contributed by atoms with E-state index in [1.807, 2.05) is 43.0 Å². The number of amides is 1. The van der Waals surface area contributed by atoms with Crippen LogP contribution in [0.25, 0.3) is 0 Å². The highest BCUT2D eigenvalue weighted by Crippen LogP contribution is 2.28. The summed E-state index contributed by atoms with van der Waals surface area (Å²) in [6.07, 6.45) is 0. The molecule has 2 heterocycles. The maximum absolute atomic E-state index is 12.7. The highest BCUT2D eigenvalue weighted by atomic mass is 35.5. The number of halogens is 1. The van der Waals surface area contributed by atoms with Crippen molar-refractivity contribution in [1.82, 2.24) is 9.21 Å². The standard InChI is InChI=1S/C18H22ClN3O3S2/c1-13-5-3-4-6-15(13)20-18(23)14(2)21-9-11-22(12-10-21)27(24,25)17-8-7-16(19)26-17/h3-8,14H,9-12H2,1-2H3,(H,20,23). The van der Waals surface area contributed by atoms with Gasteiger partial charge in [0.25, 0.3) is 10.0 Å². The van der Waals surface area contributed by atoms with E-state index in [2.05, 4.69) is 5.32 Å². The summed E-state index contributed by atoms with van der Waals surface area (Å²) in [6, 6.07) is 10.4. The molecule has 0 radical (unpaired) electrons. The van der Waals surface area contributed by atoms with Crippen molar-refractivity contribution < 1.29 is 13.2 Å². The third kappa shape index (κ3) is 4.52. The zero-order chi connectivity index (χ0) is 19.6. The zero-order valence-electron chi connectivity index (χ0n) is 15.2. The predicted molar refractivity (Wildman–Crippen MR) is 109 cm³/mol. The van der Waals surface area contributed by atoms with Gasteiger partial charge in [0.2, 0.25) is 5.91 Å². The van der Waals surface area contributed by atoms with E-state index in [1.54, 1.807) is 6.07 Å². The molecule has 27 heavy (non-hydrogen) atoms. The maximum Gasteiger partial charge on any atom is 0.252 e. The molecular formula is C18H22ClN3O3S2. The number of nitrogens with one attached hydrogen (secondary N) is 1. The molecule has 0 saturated carbocycles. The smallest absolute Gasteiger partial charge is 0.252 e. The predicted octanol–water partition coefficient (Wildman–Crippen LogP) is 3.04. The van der Waals surface area contributed by atoms with Gasteiger partial charge in [-0.1, -0.05) is 29.8 Å². The number of thiophene rings is 1. The van der Waals surface area contributed by atoms with Crippen LogP contribution in [-0.4, -0.2) is 55.8 Å². The van der Waals surface area contributed by atoms with Crippen LogP contribution in [0.1, 0.15) is 12.5 Å².